The molecular formula is C11H17N5O3. The maximum absolute atomic E-state index is 11.9. The summed E-state index contributed by atoms with van der Waals surface area (Å²) in [5, 5.41) is 2.92. The number of imidazole rings is 1. The van der Waals surface area contributed by atoms with Gasteiger partial charge in [0, 0.05) is 20.7 Å². The molecule has 8 nitrogen and oxygen atoms in total. The van der Waals surface area contributed by atoms with E-state index in [2.05, 4.69) is 15.3 Å². The average molecular weight is 267 g/mol. The summed E-state index contributed by atoms with van der Waals surface area (Å²) in [6.45, 7) is 3.20. The van der Waals surface area contributed by atoms with E-state index in [9.17, 15) is 9.59 Å². The van der Waals surface area contributed by atoms with Crippen molar-refractivity contribution in [1.82, 2.24) is 19.1 Å². The molecule has 0 aliphatic heterocycles. The highest BCUT2D eigenvalue weighted by molar-refractivity contribution is 5.74. The van der Waals surface area contributed by atoms with E-state index in [4.69, 9.17) is 4.74 Å². The largest absolute Gasteiger partial charge is 0.383 e. The summed E-state index contributed by atoms with van der Waals surface area (Å²) in [6.07, 6.45) is 0. The fourth-order valence-electron chi connectivity index (χ4n) is 2.06. The number of ether oxygens (including phenoxy) is 1. The lowest BCUT2D eigenvalue weighted by molar-refractivity contribution is 0.187. The summed E-state index contributed by atoms with van der Waals surface area (Å²) in [6, 6.07) is 0. The van der Waals surface area contributed by atoms with Gasteiger partial charge in [-0.3, -0.25) is 14.3 Å². The number of hydrogen-bond donors (Lipinski definition) is 2. The number of methoxy groups -OCH3 is 1. The second-order valence-corrected chi connectivity index (χ2v) is 4.01. The molecule has 0 atom stereocenters. The fraction of sp³-hybridized carbons (Fsp3) is 0.545. The van der Waals surface area contributed by atoms with E-state index < -0.39 is 11.2 Å². The topological polar surface area (TPSA) is 93.9 Å². The smallest absolute Gasteiger partial charge is 0.330 e. The molecule has 2 aromatic rings. The molecule has 0 aliphatic carbocycles. The van der Waals surface area contributed by atoms with Crippen LogP contribution in [-0.4, -0.2) is 39.9 Å². The Hall–Kier alpha value is -2.09. The molecule has 0 radical (unpaired) electrons. The van der Waals surface area contributed by atoms with Gasteiger partial charge in [-0.2, -0.15) is 4.98 Å². The van der Waals surface area contributed by atoms with Gasteiger partial charge < -0.3 is 14.6 Å². The molecule has 0 unspecified atom stereocenters. The standard InChI is InChI=1S/C11H17N5O3/c1-4-15-7-8(13-10(15)12-2)16(5-6-19-3)11(18)14-9(7)17/h4-6H2,1-3H3,(H,12,13)(H,14,17,18). The lowest BCUT2D eigenvalue weighted by Crippen LogP contribution is -2.32. The lowest BCUT2D eigenvalue weighted by Gasteiger charge is -2.05. The molecule has 104 valence electrons. The van der Waals surface area contributed by atoms with Gasteiger partial charge in [-0.25, -0.2) is 4.79 Å². The van der Waals surface area contributed by atoms with Crippen LogP contribution < -0.4 is 16.6 Å². The van der Waals surface area contributed by atoms with Crippen molar-refractivity contribution in [2.24, 2.45) is 0 Å². The number of hydrogen-bond acceptors (Lipinski definition) is 5. The predicted molar refractivity (Wildman–Crippen MR) is 71.7 cm³/mol. The second-order valence-electron chi connectivity index (χ2n) is 4.01. The zero-order valence-electron chi connectivity index (χ0n) is 11.2. The maximum Gasteiger partial charge on any atom is 0.330 e. The average Bonchev–Trinajstić information content (AvgIpc) is 2.77. The van der Waals surface area contributed by atoms with Crippen LogP contribution in [0.4, 0.5) is 5.95 Å². The van der Waals surface area contributed by atoms with E-state index >= 15 is 0 Å². The van der Waals surface area contributed by atoms with Crippen LogP contribution in [0.15, 0.2) is 9.59 Å². The molecule has 2 heterocycles. The number of aryl methyl sites for hydroxylation is 1. The molecule has 0 fully saturated rings. The van der Waals surface area contributed by atoms with Gasteiger partial charge in [0.25, 0.3) is 5.56 Å². The molecule has 0 spiro atoms. The number of anilines is 1. The van der Waals surface area contributed by atoms with Crippen molar-refractivity contribution in [3.05, 3.63) is 20.8 Å². The minimum Gasteiger partial charge on any atom is -0.383 e. The zero-order chi connectivity index (χ0) is 14.0. The Morgan fingerprint density at radius 1 is 1.37 bits per heavy atom. The zero-order valence-corrected chi connectivity index (χ0v) is 11.2. The van der Waals surface area contributed by atoms with Gasteiger partial charge in [-0.1, -0.05) is 0 Å². The summed E-state index contributed by atoms with van der Waals surface area (Å²) in [5.74, 6) is 0.555. The predicted octanol–water partition coefficient (Wildman–Crippen LogP) is -0.406. The molecule has 0 saturated heterocycles. The monoisotopic (exact) mass is 267 g/mol. The molecule has 2 aromatic heterocycles. The van der Waals surface area contributed by atoms with E-state index in [-0.39, 0.29) is 0 Å². The van der Waals surface area contributed by atoms with Crippen molar-refractivity contribution < 1.29 is 4.74 Å². The molecule has 19 heavy (non-hydrogen) atoms. The van der Waals surface area contributed by atoms with Crippen LogP contribution in [0.3, 0.4) is 0 Å². The van der Waals surface area contributed by atoms with Crippen LogP contribution in [0.2, 0.25) is 0 Å². The van der Waals surface area contributed by atoms with E-state index in [1.165, 1.54) is 4.57 Å². The summed E-state index contributed by atoms with van der Waals surface area (Å²) in [4.78, 5) is 30.4. The van der Waals surface area contributed by atoms with E-state index in [1.54, 1.807) is 18.7 Å². The van der Waals surface area contributed by atoms with Crippen molar-refractivity contribution >= 4 is 17.1 Å². The highest BCUT2D eigenvalue weighted by Crippen LogP contribution is 2.14. The van der Waals surface area contributed by atoms with E-state index in [1.807, 2.05) is 6.92 Å². The van der Waals surface area contributed by atoms with Crippen molar-refractivity contribution in [3.63, 3.8) is 0 Å². The van der Waals surface area contributed by atoms with Gasteiger partial charge in [0.05, 0.1) is 13.2 Å². The van der Waals surface area contributed by atoms with E-state index in [0.717, 1.165) is 0 Å². The number of aromatic amines is 1. The van der Waals surface area contributed by atoms with E-state index in [0.29, 0.717) is 36.8 Å². The molecule has 0 amide bonds. The first-order chi connectivity index (χ1) is 9.13. The Morgan fingerprint density at radius 3 is 2.68 bits per heavy atom. The van der Waals surface area contributed by atoms with Crippen LogP contribution in [-0.2, 0) is 17.8 Å². The third-order valence-electron chi connectivity index (χ3n) is 2.94. The number of nitrogens with zero attached hydrogens (tertiary/aromatic N) is 3. The van der Waals surface area contributed by atoms with Crippen LogP contribution in [0.25, 0.3) is 11.2 Å². The quantitative estimate of drug-likeness (QED) is 0.768. The summed E-state index contributed by atoms with van der Waals surface area (Å²) in [7, 11) is 3.27. The minimum absolute atomic E-state index is 0.340. The maximum atomic E-state index is 11.9. The molecule has 0 bridgehead atoms. The van der Waals surface area contributed by atoms with Gasteiger partial charge >= 0.3 is 5.69 Å². The fourth-order valence-corrected chi connectivity index (χ4v) is 2.06. The Kier molecular flexibility index (Phi) is 3.70. The van der Waals surface area contributed by atoms with Crippen molar-refractivity contribution in [3.8, 4) is 0 Å². The Bertz CT molecular complexity index is 697. The molecule has 0 aromatic carbocycles. The van der Waals surface area contributed by atoms with Crippen molar-refractivity contribution in [1.29, 1.82) is 0 Å². The van der Waals surface area contributed by atoms with Gasteiger partial charge in [-0.05, 0) is 6.92 Å². The van der Waals surface area contributed by atoms with Gasteiger partial charge in [0.1, 0.15) is 0 Å². The third kappa shape index (κ3) is 2.14. The van der Waals surface area contributed by atoms with Crippen LogP contribution in [0.1, 0.15) is 6.92 Å². The Morgan fingerprint density at radius 2 is 2.11 bits per heavy atom. The van der Waals surface area contributed by atoms with Gasteiger partial charge in [0.15, 0.2) is 11.2 Å². The second kappa shape index (κ2) is 5.27. The SMILES string of the molecule is CCn1c(NC)nc2c1c(=O)[nH]c(=O)n2CCOC. The normalized spacial score (nSPS) is 11.1. The number of aromatic nitrogens is 4. The molecule has 8 heteroatoms. The first-order valence-corrected chi connectivity index (χ1v) is 6.04. The number of nitrogens with one attached hydrogen (secondary N) is 2. The van der Waals surface area contributed by atoms with Gasteiger partial charge in [0.2, 0.25) is 5.95 Å². The van der Waals surface area contributed by atoms with Crippen molar-refractivity contribution in [2.75, 3.05) is 26.1 Å². The summed E-state index contributed by atoms with van der Waals surface area (Å²) >= 11 is 0. The summed E-state index contributed by atoms with van der Waals surface area (Å²) < 4.78 is 8.11. The summed E-state index contributed by atoms with van der Waals surface area (Å²) in [5.41, 5.74) is -0.137. The molecule has 0 saturated carbocycles. The van der Waals surface area contributed by atoms with Crippen LogP contribution >= 0.6 is 0 Å². The number of H-pyrrole nitrogens is 1. The lowest BCUT2D eigenvalue weighted by atomic mass is 10.5. The number of fused-ring (bicyclic) bond motifs is 1. The van der Waals surface area contributed by atoms with Crippen molar-refractivity contribution in [2.45, 2.75) is 20.0 Å². The first kappa shape index (κ1) is 13.3. The molecular weight excluding hydrogens is 250 g/mol. The Balaban J connectivity index is 2.79. The van der Waals surface area contributed by atoms with Gasteiger partial charge in [-0.15, -0.1) is 0 Å². The van der Waals surface area contributed by atoms with Crippen LogP contribution in [0, 0.1) is 0 Å². The Labute approximate surface area is 109 Å². The highest BCUT2D eigenvalue weighted by Gasteiger charge is 2.16. The van der Waals surface area contributed by atoms with Crippen LogP contribution in [0.5, 0.6) is 0 Å². The minimum atomic E-state index is -0.474. The molecule has 0 aliphatic rings. The highest BCUT2D eigenvalue weighted by atomic mass is 16.5. The first-order valence-electron chi connectivity index (χ1n) is 6.04. The number of rotatable bonds is 5. The molecule has 2 rings (SSSR count). The third-order valence-corrected chi connectivity index (χ3v) is 2.94. The molecule has 2 N–H and O–H groups in total.